The third-order valence-corrected chi connectivity index (χ3v) is 5.42. The van der Waals surface area contributed by atoms with Gasteiger partial charge in [-0.2, -0.15) is 0 Å². The number of aliphatic imine (C=N–C) groups is 1. The third-order valence-electron chi connectivity index (χ3n) is 4.25. The number of nitrogens with zero attached hydrogens (tertiary/aromatic N) is 2. The van der Waals surface area contributed by atoms with Crippen LogP contribution in [-0.4, -0.2) is 48.0 Å². The molecule has 1 fully saturated rings. The van der Waals surface area contributed by atoms with Crippen molar-refractivity contribution in [1.82, 2.24) is 10.2 Å². The van der Waals surface area contributed by atoms with Crippen molar-refractivity contribution in [3.63, 3.8) is 0 Å². The number of hydrogen-bond acceptors (Lipinski definition) is 4. The van der Waals surface area contributed by atoms with Gasteiger partial charge in [0.2, 0.25) is 0 Å². The van der Waals surface area contributed by atoms with Crippen molar-refractivity contribution in [2.75, 3.05) is 27.2 Å². The van der Waals surface area contributed by atoms with Crippen LogP contribution in [0.3, 0.4) is 0 Å². The highest BCUT2D eigenvalue weighted by Gasteiger charge is 2.39. The summed E-state index contributed by atoms with van der Waals surface area (Å²) in [5, 5.41) is 5.45. The minimum absolute atomic E-state index is 0.388. The summed E-state index contributed by atoms with van der Waals surface area (Å²) in [7, 11) is 4.40. The summed E-state index contributed by atoms with van der Waals surface area (Å²) in [5.74, 6) is 0.775. The first-order valence-corrected chi connectivity index (χ1v) is 8.02. The van der Waals surface area contributed by atoms with E-state index in [9.17, 15) is 0 Å². The fraction of sp³-hybridized carbons (Fsp3) is 0.929. The van der Waals surface area contributed by atoms with Crippen LogP contribution in [0.1, 0.15) is 39.5 Å². The smallest absolute Gasteiger partial charge is 0.156 e. The van der Waals surface area contributed by atoms with Crippen molar-refractivity contribution in [2.24, 2.45) is 10.9 Å². The third kappa shape index (κ3) is 3.21. The van der Waals surface area contributed by atoms with E-state index in [0.717, 1.165) is 19.0 Å². The summed E-state index contributed by atoms with van der Waals surface area (Å²) < 4.78 is 0. The lowest BCUT2D eigenvalue weighted by Crippen LogP contribution is -2.56. The van der Waals surface area contributed by atoms with E-state index in [1.54, 1.807) is 0 Å². The SMILES string of the molecule is CC(C)CC1CN=C(NCC2(N(C)C)CCC2)S1. The Morgan fingerprint density at radius 3 is 2.67 bits per heavy atom. The number of rotatable bonds is 5. The second-order valence-corrected chi connectivity index (χ2v) is 7.63. The maximum Gasteiger partial charge on any atom is 0.156 e. The Morgan fingerprint density at radius 1 is 1.44 bits per heavy atom. The highest BCUT2D eigenvalue weighted by atomic mass is 32.2. The van der Waals surface area contributed by atoms with E-state index in [1.807, 2.05) is 11.8 Å². The first-order valence-electron chi connectivity index (χ1n) is 7.14. The Hall–Kier alpha value is -0.220. The standard InChI is InChI=1S/C14H27N3S/c1-11(2)8-12-9-15-13(18-12)16-10-14(17(3)4)6-5-7-14/h11-12H,5-10H2,1-4H3,(H,15,16). The lowest BCUT2D eigenvalue weighted by molar-refractivity contribution is 0.0651. The maximum absolute atomic E-state index is 4.64. The predicted molar refractivity (Wildman–Crippen MR) is 81.4 cm³/mol. The van der Waals surface area contributed by atoms with Crippen LogP contribution in [0.25, 0.3) is 0 Å². The van der Waals surface area contributed by atoms with Gasteiger partial charge in [0.25, 0.3) is 0 Å². The first kappa shape index (κ1) is 14.2. The van der Waals surface area contributed by atoms with Crippen molar-refractivity contribution < 1.29 is 0 Å². The first-order chi connectivity index (χ1) is 8.52. The van der Waals surface area contributed by atoms with Crippen molar-refractivity contribution in [3.8, 4) is 0 Å². The van der Waals surface area contributed by atoms with Gasteiger partial charge in [-0.1, -0.05) is 25.6 Å². The molecule has 0 spiro atoms. The Kier molecular flexibility index (Phi) is 4.59. The fourth-order valence-electron chi connectivity index (χ4n) is 2.77. The summed E-state index contributed by atoms with van der Waals surface area (Å²) >= 11 is 1.95. The molecule has 0 aromatic carbocycles. The summed E-state index contributed by atoms with van der Waals surface area (Å²) in [5.41, 5.74) is 0.388. The van der Waals surface area contributed by atoms with Crippen LogP contribution in [-0.2, 0) is 0 Å². The molecule has 18 heavy (non-hydrogen) atoms. The molecule has 0 radical (unpaired) electrons. The molecule has 1 unspecified atom stereocenters. The molecule has 0 saturated heterocycles. The zero-order valence-electron chi connectivity index (χ0n) is 12.2. The number of hydrogen-bond donors (Lipinski definition) is 1. The van der Waals surface area contributed by atoms with Gasteiger partial charge in [-0.05, 0) is 45.7 Å². The van der Waals surface area contributed by atoms with Gasteiger partial charge in [0.1, 0.15) is 0 Å². The van der Waals surface area contributed by atoms with Crippen molar-refractivity contribution in [1.29, 1.82) is 0 Å². The minimum atomic E-state index is 0.388. The molecule has 1 N–H and O–H groups in total. The molecule has 1 atom stereocenters. The van der Waals surface area contributed by atoms with Crippen molar-refractivity contribution >= 4 is 16.9 Å². The number of nitrogens with one attached hydrogen (secondary N) is 1. The van der Waals surface area contributed by atoms with Crippen LogP contribution in [0.15, 0.2) is 4.99 Å². The van der Waals surface area contributed by atoms with Gasteiger partial charge < -0.3 is 10.2 Å². The second kappa shape index (κ2) is 5.83. The Morgan fingerprint density at radius 2 is 2.17 bits per heavy atom. The molecule has 1 aliphatic carbocycles. The van der Waals surface area contributed by atoms with E-state index in [1.165, 1.54) is 30.9 Å². The average molecular weight is 269 g/mol. The summed E-state index contributed by atoms with van der Waals surface area (Å²) in [6.07, 6.45) is 5.29. The van der Waals surface area contributed by atoms with Gasteiger partial charge in [0, 0.05) is 17.3 Å². The van der Waals surface area contributed by atoms with Crippen molar-refractivity contribution in [3.05, 3.63) is 0 Å². The highest BCUT2D eigenvalue weighted by Crippen LogP contribution is 2.36. The monoisotopic (exact) mass is 269 g/mol. The number of likely N-dealkylation sites (N-methyl/N-ethyl adjacent to an activating group) is 1. The molecule has 0 aromatic heterocycles. The van der Waals surface area contributed by atoms with Crippen LogP contribution in [0.2, 0.25) is 0 Å². The lowest BCUT2D eigenvalue weighted by Gasteiger charge is -2.47. The van der Waals surface area contributed by atoms with Gasteiger partial charge in [-0.25, -0.2) is 0 Å². The van der Waals surface area contributed by atoms with Gasteiger partial charge in [-0.3, -0.25) is 4.99 Å². The van der Waals surface area contributed by atoms with Crippen LogP contribution in [0.4, 0.5) is 0 Å². The molecule has 2 rings (SSSR count). The Balaban J connectivity index is 1.75. The van der Waals surface area contributed by atoms with E-state index in [2.05, 4.69) is 43.2 Å². The van der Waals surface area contributed by atoms with Crippen LogP contribution >= 0.6 is 11.8 Å². The number of thioether (sulfide) groups is 1. The minimum Gasteiger partial charge on any atom is -0.363 e. The fourth-order valence-corrected chi connectivity index (χ4v) is 4.02. The molecule has 1 heterocycles. The molecule has 2 aliphatic rings. The molecule has 4 heteroatoms. The Bertz CT molecular complexity index is 308. The highest BCUT2D eigenvalue weighted by molar-refractivity contribution is 8.14. The van der Waals surface area contributed by atoms with E-state index < -0.39 is 0 Å². The van der Waals surface area contributed by atoms with E-state index >= 15 is 0 Å². The summed E-state index contributed by atoms with van der Waals surface area (Å²) in [4.78, 5) is 7.03. The van der Waals surface area contributed by atoms with E-state index in [4.69, 9.17) is 0 Å². The molecule has 1 saturated carbocycles. The van der Waals surface area contributed by atoms with Crippen LogP contribution in [0.5, 0.6) is 0 Å². The molecular formula is C14H27N3S. The normalized spacial score (nSPS) is 26.3. The molecule has 3 nitrogen and oxygen atoms in total. The molecule has 104 valence electrons. The van der Waals surface area contributed by atoms with Crippen molar-refractivity contribution in [2.45, 2.75) is 50.3 Å². The molecule has 0 aromatic rings. The van der Waals surface area contributed by atoms with Gasteiger partial charge in [0.05, 0.1) is 6.54 Å². The number of amidine groups is 1. The quantitative estimate of drug-likeness (QED) is 0.831. The molecular weight excluding hydrogens is 242 g/mol. The van der Waals surface area contributed by atoms with Gasteiger partial charge >= 0.3 is 0 Å². The molecule has 0 bridgehead atoms. The van der Waals surface area contributed by atoms with E-state index in [0.29, 0.717) is 10.8 Å². The zero-order chi connectivity index (χ0) is 13.2. The topological polar surface area (TPSA) is 27.6 Å². The van der Waals surface area contributed by atoms with E-state index in [-0.39, 0.29) is 0 Å². The second-order valence-electron chi connectivity index (χ2n) is 6.34. The maximum atomic E-state index is 4.64. The summed E-state index contributed by atoms with van der Waals surface area (Å²) in [6.45, 7) is 6.64. The Labute approximate surface area is 116 Å². The zero-order valence-corrected chi connectivity index (χ0v) is 13.0. The van der Waals surface area contributed by atoms with Gasteiger partial charge in [-0.15, -0.1) is 0 Å². The largest absolute Gasteiger partial charge is 0.363 e. The van der Waals surface area contributed by atoms with Gasteiger partial charge in [0.15, 0.2) is 5.17 Å². The van der Waals surface area contributed by atoms with Crippen LogP contribution < -0.4 is 5.32 Å². The van der Waals surface area contributed by atoms with Crippen LogP contribution in [0, 0.1) is 5.92 Å². The molecule has 0 amide bonds. The average Bonchev–Trinajstić information content (AvgIpc) is 2.62. The lowest BCUT2D eigenvalue weighted by atomic mass is 9.76. The summed E-state index contributed by atoms with van der Waals surface area (Å²) in [6, 6.07) is 0. The predicted octanol–water partition coefficient (Wildman–Crippen LogP) is 2.58. The molecule has 1 aliphatic heterocycles.